The van der Waals surface area contributed by atoms with Crippen molar-refractivity contribution in [1.82, 2.24) is 5.32 Å². The molecule has 2 aliphatic rings. The highest BCUT2D eigenvalue weighted by Crippen LogP contribution is 2.42. The molecule has 1 fully saturated rings. The average Bonchev–Trinajstić information content (AvgIpc) is 3.59. The molecular weight excluding hydrogens is 364 g/mol. The Morgan fingerprint density at radius 2 is 1.38 bits per heavy atom. The standard InChI is InChI=1S/C24H20N2O3/c27-23(15-9-10-15)25-17-13-11-16(12-14-17)24(28)26-22-18-5-1-3-7-20(18)29-21-8-4-2-6-19(21)22/h1-8,11-15,22H,9-10H2,(H,25,27)(H,26,28). The van der Waals surface area contributed by atoms with Crippen LogP contribution in [0, 0.1) is 5.92 Å². The van der Waals surface area contributed by atoms with E-state index in [0.29, 0.717) is 11.3 Å². The Morgan fingerprint density at radius 1 is 0.793 bits per heavy atom. The van der Waals surface area contributed by atoms with Crippen LogP contribution in [0.1, 0.15) is 40.4 Å². The molecule has 3 aromatic carbocycles. The van der Waals surface area contributed by atoms with Gasteiger partial charge in [0.05, 0.1) is 6.04 Å². The molecule has 0 radical (unpaired) electrons. The van der Waals surface area contributed by atoms with E-state index in [4.69, 9.17) is 4.74 Å². The van der Waals surface area contributed by atoms with Gasteiger partial charge < -0.3 is 15.4 Å². The molecule has 1 saturated carbocycles. The fraction of sp³-hybridized carbons (Fsp3) is 0.167. The Bertz CT molecular complexity index is 1040. The first kappa shape index (κ1) is 17.5. The van der Waals surface area contributed by atoms with E-state index in [-0.39, 0.29) is 23.8 Å². The number of ether oxygens (including phenoxy) is 1. The number of benzene rings is 3. The third kappa shape index (κ3) is 3.47. The van der Waals surface area contributed by atoms with Gasteiger partial charge in [-0.25, -0.2) is 0 Å². The molecule has 3 aromatic rings. The van der Waals surface area contributed by atoms with Gasteiger partial charge in [-0.15, -0.1) is 0 Å². The van der Waals surface area contributed by atoms with Crippen LogP contribution < -0.4 is 15.4 Å². The lowest BCUT2D eigenvalue weighted by atomic mass is 9.94. The lowest BCUT2D eigenvalue weighted by Gasteiger charge is -2.28. The van der Waals surface area contributed by atoms with E-state index >= 15 is 0 Å². The van der Waals surface area contributed by atoms with Crippen molar-refractivity contribution in [1.29, 1.82) is 0 Å². The van der Waals surface area contributed by atoms with E-state index < -0.39 is 0 Å². The smallest absolute Gasteiger partial charge is 0.252 e. The molecule has 5 heteroatoms. The van der Waals surface area contributed by atoms with Crippen LogP contribution in [0.5, 0.6) is 11.5 Å². The van der Waals surface area contributed by atoms with Gasteiger partial charge in [0.1, 0.15) is 11.5 Å². The summed E-state index contributed by atoms with van der Waals surface area (Å²) >= 11 is 0. The van der Waals surface area contributed by atoms with Crippen LogP contribution in [0.25, 0.3) is 0 Å². The molecule has 0 aromatic heterocycles. The van der Waals surface area contributed by atoms with Gasteiger partial charge in [-0.2, -0.15) is 0 Å². The number of nitrogens with one attached hydrogen (secondary N) is 2. The molecule has 5 rings (SSSR count). The lowest BCUT2D eigenvalue weighted by molar-refractivity contribution is -0.117. The van der Waals surface area contributed by atoms with Crippen molar-refractivity contribution in [2.75, 3.05) is 5.32 Å². The molecule has 5 nitrogen and oxygen atoms in total. The number of para-hydroxylation sites is 2. The molecule has 144 valence electrons. The molecule has 0 unspecified atom stereocenters. The van der Waals surface area contributed by atoms with Crippen LogP contribution in [-0.4, -0.2) is 11.8 Å². The van der Waals surface area contributed by atoms with Crippen molar-refractivity contribution < 1.29 is 14.3 Å². The summed E-state index contributed by atoms with van der Waals surface area (Å²) in [6, 6.07) is 22.1. The zero-order chi connectivity index (χ0) is 19.8. The fourth-order valence-corrected chi connectivity index (χ4v) is 3.57. The van der Waals surface area contributed by atoms with Crippen LogP contribution in [-0.2, 0) is 4.79 Å². The monoisotopic (exact) mass is 384 g/mol. The Hall–Kier alpha value is -3.60. The molecule has 0 saturated heterocycles. The van der Waals surface area contributed by atoms with E-state index in [9.17, 15) is 9.59 Å². The second kappa shape index (κ2) is 7.09. The quantitative estimate of drug-likeness (QED) is 0.687. The summed E-state index contributed by atoms with van der Waals surface area (Å²) in [5.74, 6) is 1.51. The summed E-state index contributed by atoms with van der Waals surface area (Å²) in [5.41, 5.74) is 3.09. The molecule has 2 amide bonds. The molecular formula is C24H20N2O3. The average molecular weight is 384 g/mol. The van der Waals surface area contributed by atoms with Gasteiger partial charge in [0.2, 0.25) is 5.91 Å². The van der Waals surface area contributed by atoms with Crippen molar-refractivity contribution in [2.45, 2.75) is 18.9 Å². The van der Waals surface area contributed by atoms with Gasteiger partial charge in [-0.05, 0) is 49.2 Å². The Morgan fingerprint density at radius 3 is 1.97 bits per heavy atom. The number of anilines is 1. The highest BCUT2D eigenvalue weighted by atomic mass is 16.5. The van der Waals surface area contributed by atoms with Crippen LogP contribution in [0.15, 0.2) is 72.8 Å². The van der Waals surface area contributed by atoms with Gasteiger partial charge in [0.15, 0.2) is 0 Å². The highest BCUT2D eigenvalue weighted by Gasteiger charge is 2.30. The Labute approximate surface area is 168 Å². The number of hydrogen-bond donors (Lipinski definition) is 2. The number of hydrogen-bond acceptors (Lipinski definition) is 3. The Balaban J connectivity index is 1.37. The number of carbonyl (C=O) groups is 2. The van der Waals surface area contributed by atoms with Gasteiger partial charge in [0, 0.05) is 28.3 Å². The minimum absolute atomic E-state index is 0.0534. The third-order valence-corrected chi connectivity index (χ3v) is 5.32. The van der Waals surface area contributed by atoms with Gasteiger partial charge in [-0.1, -0.05) is 36.4 Å². The van der Waals surface area contributed by atoms with Crippen molar-refractivity contribution in [2.24, 2.45) is 5.92 Å². The van der Waals surface area contributed by atoms with Crippen molar-refractivity contribution in [3.63, 3.8) is 0 Å². The molecule has 1 aliphatic carbocycles. The number of carbonyl (C=O) groups excluding carboxylic acids is 2. The molecule has 0 spiro atoms. The summed E-state index contributed by atoms with van der Waals surface area (Å²) in [4.78, 5) is 24.8. The highest BCUT2D eigenvalue weighted by molar-refractivity contribution is 5.97. The number of amides is 2. The lowest BCUT2D eigenvalue weighted by Crippen LogP contribution is -2.31. The number of rotatable bonds is 4. The fourth-order valence-electron chi connectivity index (χ4n) is 3.57. The summed E-state index contributed by atoms with van der Waals surface area (Å²) in [5, 5.41) is 6.02. The molecule has 2 N–H and O–H groups in total. The minimum atomic E-state index is -0.294. The van der Waals surface area contributed by atoms with Gasteiger partial charge >= 0.3 is 0 Å². The predicted molar refractivity (Wildman–Crippen MR) is 110 cm³/mol. The maximum Gasteiger partial charge on any atom is 0.252 e. The molecule has 0 atom stereocenters. The van der Waals surface area contributed by atoms with Gasteiger partial charge in [-0.3, -0.25) is 9.59 Å². The maximum absolute atomic E-state index is 12.9. The molecule has 1 aliphatic heterocycles. The summed E-state index contributed by atoms with van der Waals surface area (Å²) in [6.07, 6.45) is 1.92. The van der Waals surface area contributed by atoms with Crippen LogP contribution >= 0.6 is 0 Å². The van der Waals surface area contributed by atoms with Gasteiger partial charge in [0.25, 0.3) is 5.91 Å². The van der Waals surface area contributed by atoms with E-state index in [2.05, 4.69) is 10.6 Å². The topological polar surface area (TPSA) is 67.4 Å². The Kier molecular flexibility index (Phi) is 4.28. The first-order valence-electron chi connectivity index (χ1n) is 9.76. The second-order valence-electron chi connectivity index (χ2n) is 7.43. The third-order valence-electron chi connectivity index (χ3n) is 5.32. The molecule has 1 heterocycles. The van der Waals surface area contributed by atoms with E-state index in [1.807, 2.05) is 48.5 Å². The van der Waals surface area contributed by atoms with Crippen LogP contribution in [0.3, 0.4) is 0 Å². The first-order valence-corrected chi connectivity index (χ1v) is 9.76. The molecule has 29 heavy (non-hydrogen) atoms. The SMILES string of the molecule is O=C(NC1c2ccccc2Oc2ccccc21)c1ccc(NC(=O)C2CC2)cc1. The maximum atomic E-state index is 12.9. The van der Waals surface area contributed by atoms with Crippen molar-refractivity contribution >= 4 is 17.5 Å². The zero-order valence-electron chi connectivity index (χ0n) is 15.7. The minimum Gasteiger partial charge on any atom is -0.457 e. The largest absolute Gasteiger partial charge is 0.457 e. The summed E-state index contributed by atoms with van der Waals surface area (Å²) in [6.45, 7) is 0. The van der Waals surface area contributed by atoms with Crippen LogP contribution in [0.4, 0.5) is 5.69 Å². The molecule has 0 bridgehead atoms. The van der Waals surface area contributed by atoms with Crippen molar-refractivity contribution in [3.8, 4) is 11.5 Å². The number of fused-ring (bicyclic) bond motifs is 2. The second-order valence-corrected chi connectivity index (χ2v) is 7.43. The predicted octanol–water partition coefficient (Wildman–Crippen LogP) is 4.66. The van der Waals surface area contributed by atoms with Crippen molar-refractivity contribution in [3.05, 3.63) is 89.5 Å². The summed E-state index contributed by atoms with van der Waals surface area (Å²) in [7, 11) is 0. The van der Waals surface area contributed by atoms with Crippen LogP contribution in [0.2, 0.25) is 0 Å². The zero-order valence-corrected chi connectivity index (χ0v) is 15.7. The normalized spacial score (nSPS) is 14.9. The summed E-state index contributed by atoms with van der Waals surface area (Å²) < 4.78 is 5.98. The van der Waals surface area contributed by atoms with E-state index in [0.717, 1.165) is 35.5 Å². The first-order chi connectivity index (χ1) is 14.2. The van der Waals surface area contributed by atoms with E-state index in [1.54, 1.807) is 24.3 Å². The van der Waals surface area contributed by atoms with E-state index in [1.165, 1.54) is 0 Å².